The van der Waals surface area contributed by atoms with E-state index in [0.717, 1.165) is 25.7 Å². The fraction of sp³-hybridized carbons (Fsp3) is 0.600. The lowest BCUT2D eigenvalue weighted by molar-refractivity contribution is 0.0907. The van der Waals surface area contributed by atoms with Gasteiger partial charge in [0.05, 0.1) is 5.69 Å². The molecule has 0 bridgehead atoms. The van der Waals surface area contributed by atoms with Crippen LogP contribution in [0.25, 0.3) is 0 Å². The summed E-state index contributed by atoms with van der Waals surface area (Å²) >= 11 is 16.9. The number of hydrogen-bond donors (Lipinski definition) is 0. The molecule has 0 spiro atoms. The molecule has 1 aliphatic rings. The average Bonchev–Trinajstić information content (AvgIpc) is 2.64. The van der Waals surface area contributed by atoms with E-state index in [1.807, 2.05) is 0 Å². The van der Waals surface area contributed by atoms with Gasteiger partial charge in [-0.25, -0.2) is 0 Å². The third-order valence-corrected chi connectivity index (χ3v) is 4.52. The molecule has 0 aliphatic heterocycles. The van der Waals surface area contributed by atoms with Gasteiger partial charge in [-0.3, -0.25) is 9.59 Å². The highest BCUT2D eigenvalue weighted by Crippen LogP contribution is 2.32. The number of aryl methyl sites for hydroxylation is 1. The van der Waals surface area contributed by atoms with Crippen molar-refractivity contribution < 1.29 is 9.59 Å². The molecular formula is C15H18Cl3NO2. The number of aromatic nitrogens is 1. The smallest absolute Gasteiger partial charge is 0.255 e. The Balaban J connectivity index is 2.21. The van der Waals surface area contributed by atoms with Gasteiger partial charge >= 0.3 is 0 Å². The lowest BCUT2D eigenvalue weighted by atomic mass is 9.92. The Morgan fingerprint density at radius 1 is 1.14 bits per heavy atom. The maximum atomic E-state index is 12.6. The van der Waals surface area contributed by atoms with Crippen LogP contribution in [0.3, 0.4) is 0 Å². The van der Waals surface area contributed by atoms with Gasteiger partial charge in [0.15, 0.2) is 5.78 Å². The van der Waals surface area contributed by atoms with Crippen molar-refractivity contribution in [1.82, 2.24) is 4.57 Å². The van der Waals surface area contributed by atoms with Crippen molar-refractivity contribution in [2.45, 2.75) is 42.3 Å². The first-order chi connectivity index (χ1) is 9.80. The molecule has 1 aromatic heterocycles. The lowest BCUT2D eigenvalue weighted by Crippen LogP contribution is -2.21. The molecule has 1 fully saturated rings. The Kier molecular flexibility index (Phi) is 5.39. The van der Waals surface area contributed by atoms with Crippen LogP contribution in [-0.4, -0.2) is 19.9 Å². The molecule has 116 valence electrons. The molecule has 0 atom stereocenters. The van der Waals surface area contributed by atoms with Crippen molar-refractivity contribution in [3.63, 3.8) is 0 Å². The second-order valence-corrected chi connectivity index (χ2v) is 7.89. The van der Waals surface area contributed by atoms with E-state index in [4.69, 9.17) is 34.8 Å². The predicted molar refractivity (Wildman–Crippen MR) is 85.6 cm³/mol. The van der Waals surface area contributed by atoms with Crippen LogP contribution < -0.4 is 0 Å². The van der Waals surface area contributed by atoms with Crippen LogP contribution in [0.1, 0.15) is 59.4 Å². The highest BCUT2D eigenvalue weighted by atomic mass is 35.6. The Hall–Kier alpha value is -0.510. The summed E-state index contributed by atoms with van der Waals surface area (Å²) in [5, 5.41) is 0. The van der Waals surface area contributed by atoms with Gasteiger partial charge in [0.25, 0.3) is 3.79 Å². The zero-order chi connectivity index (χ0) is 15.6. The Morgan fingerprint density at radius 3 is 2.24 bits per heavy atom. The molecule has 0 N–H and O–H groups in total. The van der Waals surface area contributed by atoms with Crippen LogP contribution in [-0.2, 0) is 7.05 Å². The first-order valence-electron chi connectivity index (χ1n) is 7.13. The summed E-state index contributed by atoms with van der Waals surface area (Å²) < 4.78 is -0.455. The minimum absolute atomic E-state index is 0.0469. The molecule has 2 rings (SSSR count). The first-order valence-corrected chi connectivity index (χ1v) is 8.26. The van der Waals surface area contributed by atoms with Crippen LogP contribution in [0.2, 0.25) is 0 Å². The molecule has 0 unspecified atom stereocenters. The number of halogens is 3. The molecule has 0 aromatic carbocycles. The highest BCUT2D eigenvalue weighted by Gasteiger charge is 2.34. The number of alkyl halides is 3. The summed E-state index contributed by atoms with van der Waals surface area (Å²) in [6, 6.07) is 1.54. The molecule has 1 aromatic rings. The minimum Gasteiger partial charge on any atom is -0.347 e. The largest absolute Gasteiger partial charge is 0.347 e. The fourth-order valence-electron chi connectivity index (χ4n) is 2.85. The maximum absolute atomic E-state index is 12.6. The molecule has 0 radical (unpaired) electrons. The molecule has 6 heteroatoms. The summed E-state index contributed by atoms with van der Waals surface area (Å²) in [7, 11) is 1.67. The Morgan fingerprint density at radius 2 is 1.71 bits per heavy atom. The second-order valence-electron chi connectivity index (χ2n) is 5.60. The predicted octanol–water partition coefficient (Wildman–Crippen LogP) is 4.73. The van der Waals surface area contributed by atoms with Crippen LogP contribution in [0.15, 0.2) is 12.3 Å². The third-order valence-electron chi connectivity index (χ3n) is 4.01. The van der Waals surface area contributed by atoms with E-state index in [1.165, 1.54) is 18.9 Å². The normalized spacial score (nSPS) is 17.5. The van der Waals surface area contributed by atoms with E-state index in [2.05, 4.69) is 0 Å². The molecule has 1 saturated carbocycles. The number of carbonyl (C=O) groups excluding carboxylic acids is 2. The van der Waals surface area contributed by atoms with Crippen molar-refractivity contribution in [3.05, 3.63) is 23.5 Å². The fourth-order valence-corrected chi connectivity index (χ4v) is 3.14. The number of ketones is 2. The van der Waals surface area contributed by atoms with Gasteiger partial charge in [-0.15, -0.1) is 0 Å². The molecule has 1 aliphatic carbocycles. The maximum Gasteiger partial charge on any atom is 0.255 e. The van der Waals surface area contributed by atoms with Gasteiger partial charge in [0.2, 0.25) is 5.78 Å². The lowest BCUT2D eigenvalue weighted by Gasteiger charge is -2.11. The SMILES string of the molecule is Cn1cc(C(=O)C2CCCCCC2)cc1C(=O)C(Cl)(Cl)Cl. The monoisotopic (exact) mass is 349 g/mol. The Labute approximate surface area is 139 Å². The summed E-state index contributed by atoms with van der Waals surface area (Å²) in [6.07, 6.45) is 8.04. The summed E-state index contributed by atoms with van der Waals surface area (Å²) in [6.45, 7) is 0. The van der Waals surface area contributed by atoms with E-state index in [0.29, 0.717) is 5.56 Å². The van der Waals surface area contributed by atoms with E-state index in [9.17, 15) is 9.59 Å². The van der Waals surface area contributed by atoms with Crippen molar-refractivity contribution in [1.29, 1.82) is 0 Å². The zero-order valence-corrected chi connectivity index (χ0v) is 14.1. The van der Waals surface area contributed by atoms with Gasteiger partial charge in [0, 0.05) is 24.7 Å². The molecular weight excluding hydrogens is 333 g/mol. The molecule has 0 saturated heterocycles. The van der Waals surface area contributed by atoms with Gasteiger partial charge in [-0.05, 0) is 18.9 Å². The first kappa shape index (κ1) is 16.9. The van der Waals surface area contributed by atoms with Crippen LogP contribution in [0.5, 0.6) is 0 Å². The van der Waals surface area contributed by atoms with Gasteiger partial charge in [-0.2, -0.15) is 0 Å². The molecule has 0 amide bonds. The number of Topliss-reactive ketones (excluding diaryl/α,β-unsaturated/α-hetero) is 2. The van der Waals surface area contributed by atoms with Crippen molar-refractivity contribution in [2.24, 2.45) is 13.0 Å². The van der Waals surface area contributed by atoms with Gasteiger partial charge in [0.1, 0.15) is 0 Å². The number of hydrogen-bond acceptors (Lipinski definition) is 2. The Bertz CT molecular complexity index is 538. The second kappa shape index (κ2) is 6.72. The van der Waals surface area contributed by atoms with E-state index >= 15 is 0 Å². The zero-order valence-electron chi connectivity index (χ0n) is 11.9. The molecule has 21 heavy (non-hydrogen) atoms. The van der Waals surface area contributed by atoms with E-state index in [-0.39, 0.29) is 17.4 Å². The number of nitrogens with zero attached hydrogens (tertiary/aromatic N) is 1. The summed E-state index contributed by atoms with van der Waals surface area (Å²) in [5.74, 6) is -0.476. The van der Waals surface area contributed by atoms with Crippen molar-refractivity contribution >= 4 is 46.4 Å². The van der Waals surface area contributed by atoms with Crippen LogP contribution in [0.4, 0.5) is 0 Å². The van der Waals surface area contributed by atoms with Gasteiger partial charge < -0.3 is 4.57 Å². The highest BCUT2D eigenvalue weighted by molar-refractivity contribution is 6.77. The molecule has 3 nitrogen and oxygen atoms in total. The third kappa shape index (κ3) is 4.02. The number of carbonyl (C=O) groups is 2. The standard InChI is InChI=1S/C15H18Cl3NO2/c1-19-9-11(8-12(19)14(21)15(16,17)18)13(20)10-6-4-2-3-5-7-10/h8-10H,2-7H2,1H3. The van der Waals surface area contributed by atoms with E-state index in [1.54, 1.807) is 17.8 Å². The van der Waals surface area contributed by atoms with Crippen LogP contribution >= 0.6 is 34.8 Å². The van der Waals surface area contributed by atoms with E-state index < -0.39 is 9.58 Å². The topological polar surface area (TPSA) is 39.1 Å². The van der Waals surface area contributed by atoms with Crippen molar-refractivity contribution in [2.75, 3.05) is 0 Å². The average molecular weight is 351 g/mol. The summed E-state index contributed by atoms with van der Waals surface area (Å²) in [4.78, 5) is 24.6. The number of rotatable bonds is 3. The van der Waals surface area contributed by atoms with Gasteiger partial charge in [-0.1, -0.05) is 60.5 Å². The minimum atomic E-state index is -2.01. The molecule has 1 heterocycles. The van der Waals surface area contributed by atoms with Crippen molar-refractivity contribution in [3.8, 4) is 0 Å². The summed E-state index contributed by atoms with van der Waals surface area (Å²) in [5.41, 5.74) is 0.772. The quantitative estimate of drug-likeness (QED) is 0.449. The van der Waals surface area contributed by atoms with Crippen LogP contribution in [0, 0.1) is 5.92 Å².